The minimum Gasteiger partial charge on any atom is -0.490 e. The summed E-state index contributed by atoms with van der Waals surface area (Å²) in [5, 5.41) is 3.40. The highest BCUT2D eigenvalue weighted by Gasteiger charge is 2.22. The molecule has 1 atom stereocenters. The lowest BCUT2D eigenvalue weighted by Gasteiger charge is -2.22. The van der Waals surface area contributed by atoms with Crippen LogP contribution < -0.4 is 10.1 Å². The fourth-order valence-corrected chi connectivity index (χ4v) is 3.04. The van der Waals surface area contributed by atoms with Crippen molar-refractivity contribution in [1.29, 1.82) is 0 Å². The third-order valence-corrected chi connectivity index (χ3v) is 4.08. The second-order valence-electron chi connectivity index (χ2n) is 5.48. The Morgan fingerprint density at radius 2 is 2.05 bits per heavy atom. The number of nitrogens with one attached hydrogen (secondary N) is 1. The molecule has 102 valence electrons. The molecular formula is C16H21NO2. The van der Waals surface area contributed by atoms with Gasteiger partial charge >= 0.3 is 0 Å². The van der Waals surface area contributed by atoms with Gasteiger partial charge in [-0.25, -0.2) is 0 Å². The maximum absolute atomic E-state index is 11.9. The highest BCUT2D eigenvalue weighted by atomic mass is 16.5. The van der Waals surface area contributed by atoms with Gasteiger partial charge in [0.25, 0.3) is 0 Å². The number of ether oxygens (including phenoxy) is 1. The van der Waals surface area contributed by atoms with Crippen LogP contribution in [0.5, 0.6) is 5.75 Å². The van der Waals surface area contributed by atoms with E-state index in [4.69, 9.17) is 4.74 Å². The number of Topliss-reactive ketones (excluding diaryl/α,β-unsaturated/α-hetero) is 1. The van der Waals surface area contributed by atoms with Crippen LogP contribution in [0.3, 0.4) is 0 Å². The molecular weight excluding hydrogens is 238 g/mol. The van der Waals surface area contributed by atoms with E-state index in [0.717, 1.165) is 55.6 Å². The molecule has 2 aliphatic rings. The van der Waals surface area contributed by atoms with Crippen LogP contribution in [-0.2, 0) is 6.42 Å². The van der Waals surface area contributed by atoms with Crippen molar-refractivity contribution in [1.82, 2.24) is 5.32 Å². The van der Waals surface area contributed by atoms with E-state index in [1.807, 2.05) is 18.2 Å². The molecule has 1 heterocycles. The molecule has 0 saturated carbocycles. The summed E-state index contributed by atoms with van der Waals surface area (Å²) < 4.78 is 6.19. The second kappa shape index (κ2) is 5.74. The average molecular weight is 259 g/mol. The van der Waals surface area contributed by atoms with Gasteiger partial charge in [-0.3, -0.25) is 4.79 Å². The zero-order valence-corrected chi connectivity index (χ0v) is 11.3. The number of ketones is 1. The van der Waals surface area contributed by atoms with Gasteiger partial charge in [0, 0.05) is 17.5 Å². The summed E-state index contributed by atoms with van der Waals surface area (Å²) in [4.78, 5) is 11.9. The minimum atomic E-state index is 0.272. The van der Waals surface area contributed by atoms with Crippen molar-refractivity contribution < 1.29 is 9.53 Å². The number of fused-ring (bicyclic) bond motifs is 1. The average Bonchev–Trinajstić information content (AvgIpc) is 2.69. The van der Waals surface area contributed by atoms with Gasteiger partial charge in [-0.1, -0.05) is 12.1 Å². The lowest BCUT2D eigenvalue weighted by atomic mass is 9.90. The molecule has 0 amide bonds. The molecule has 1 aliphatic carbocycles. The normalized spacial score (nSPS) is 23.6. The van der Waals surface area contributed by atoms with Gasteiger partial charge in [-0.05, 0) is 51.3 Å². The zero-order chi connectivity index (χ0) is 13.1. The molecule has 1 aromatic rings. The van der Waals surface area contributed by atoms with E-state index < -0.39 is 0 Å². The maximum atomic E-state index is 11.9. The molecule has 1 fully saturated rings. The summed E-state index contributed by atoms with van der Waals surface area (Å²) in [5.41, 5.74) is 2.02. The number of carbonyl (C=O) groups excluding carboxylic acids is 1. The van der Waals surface area contributed by atoms with Crippen LogP contribution in [0, 0.1) is 0 Å². The van der Waals surface area contributed by atoms with E-state index in [1.165, 1.54) is 6.42 Å². The molecule has 0 radical (unpaired) electrons. The Balaban J connectivity index is 1.80. The van der Waals surface area contributed by atoms with E-state index in [-0.39, 0.29) is 5.78 Å². The predicted octanol–water partition coefficient (Wildman–Crippen LogP) is 2.73. The van der Waals surface area contributed by atoms with Crippen LogP contribution >= 0.6 is 0 Å². The van der Waals surface area contributed by atoms with Gasteiger partial charge in [0.1, 0.15) is 5.75 Å². The van der Waals surface area contributed by atoms with Gasteiger partial charge in [-0.2, -0.15) is 0 Å². The summed E-state index contributed by atoms with van der Waals surface area (Å²) >= 11 is 0. The van der Waals surface area contributed by atoms with Gasteiger partial charge in [-0.15, -0.1) is 0 Å². The SMILES string of the molecule is O=C1CCCc2c(OC3CCCNCC3)cccc21. The third-order valence-electron chi connectivity index (χ3n) is 4.08. The lowest BCUT2D eigenvalue weighted by Crippen LogP contribution is -2.21. The van der Waals surface area contributed by atoms with E-state index in [2.05, 4.69) is 5.32 Å². The Morgan fingerprint density at radius 3 is 3.00 bits per heavy atom. The van der Waals surface area contributed by atoms with Gasteiger partial charge in [0.2, 0.25) is 0 Å². The highest BCUT2D eigenvalue weighted by molar-refractivity contribution is 5.99. The zero-order valence-electron chi connectivity index (χ0n) is 11.3. The fourth-order valence-electron chi connectivity index (χ4n) is 3.04. The van der Waals surface area contributed by atoms with Crippen molar-refractivity contribution >= 4 is 5.78 Å². The van der Waals surface area contributed by atoms with Gasteiger partial charge in [0.15, 0.2) is 5.78 Å². The molecule has 1 N–H and O–H groups in total. The molecule has 1 saturated heterocycles. The molecule has 1 aliphatic heterocycles. The smallest absolute Gasteiger partial charge is 0.163 e. The van der Waals surface area contributed by atoms with Crippen LogP contribution in [0.25, 0.3) is 0 Å². The van der Waals surface area contributed by atoms with Crippen LogP contribution in [0.1, 0.15) is 48.0 Å². The predicted molar refractivity (Wildman–Crippen MR) is 74.8 cm³/mol. The molecule has 3 heteroatoms. The van der Waals surface area contributed by atoms with Gasteiger partial charge in [0.05, 0.1) is 6.10 Å². The van der Waals surface area contributed by atoms with E-state index in [0.29, 0.717) is 12.5 Å². The molecule has 0 aromatic heterocycles. The Morgan fingerprint density at radius 1 is 1.11 bits per heavy atom. The number of rotatable bonds is 2. The van der Waals surface area contributed by atoms with E-state index in [9.17, 15) is 4.79 Å². The van der Waals surface area contributed by atoms with E-state index in [1.54, 1.807) is 0 Å². The summed E-state index contributed by atoms with van der Waals surface area (Å²) in [6.07, 6.45) is 6.23. The number of benzene rings is 1. The van der Waals surface area contributed by atoms with Crippen molar-refractivity contribution in [3.05, 3.63) is 29.3 Å². The van der Waals surface area contributed by atoms with Crippen LogP contribution in [0.4, 0.5) is 0 Å². The molecule has 1 aromatic carbocycles. The van der Waals surface area contributed by atoms with Crippen molar-refractivity contribution in [2.45, 2.75) is 44.6 Å². The van der Waals surface area contributed by atoms with Crippen LogP contribution in [0.2, 0.25) is 0 Å². The van der Waals surface area contributed by atoms with Crippen molar-refractivity contribution in [3.8, 4) is 5.75 Å². The third kappa shape index (κ3) is 2.81. The summed E-state index contributed by atoms with van der Waals surface area (Å²) in [6, 6.07) is 5.92. The Labute approximate surface area is 114 Å². The first-order chi connectivity index (χ1) is 9.34. The first kappa shape index (κ1) is 12.7. The Bertz CT molecular complexity index is 462. The Kier molecular flexibility index (Phi) is 3.83. The monoisotopic (exact) mass is 259 g/mol. The quantitative estimate of drug-likeness (QED) is 0.887. The van der Waals surface area contributed by atoms with Crippen molar-refractivity contribution in [2.24, 2.45) is 0 Å². The molecule has 1 unspecified atom stereocenters. The Hall–Kier alpha value is -1.35. The van der Waals surface area contributed by atoms with Crippen molar-refractivity contribution in [2.75, 3.05) is 13.1 Å². The van der Waals surface area contributed by atoms with Crippen LogP contribution in [-0.4, -0.2) is 25.0 Å². The van der Waals surface area contributed by atoms with E-state index >= 15 is 0 Å². The number of hydrogen-bond acceptors (Lipinski definition) is 3. The lowest BCUT2D eigenvalue weighted by molar-refractivity contribution is 0.0970. The molecule has 3 nitrogen and oxygen atoms in total. The highest BCUT2D eigenvalue weighted by Crippen LogP contribution is 2.31. The molecule has 3 rings (SSSR count). The molecule has 0 bridgehead atoms. The topological polar surface area (TPSA) is 38.3 Å². The molecule has 19 heavy (non-hydrogen) atoms. The second-order valence-corrected chi connectivity index (χ2v) is 5.48. The van der Waals surface area contributed by atoms with Crippen molar-refractivity contribution in [3.63, 3.8) is 0 Å². The van der Waals surface area contributed by atoms with Crippen LogP contribution in [0.15, 0.2) is 18.2 Å². The number of carbonyl (C=O) groups is 1. The van der Waals surface area contributed by atoms with Gasteiger partial charge < -0.3 is 10.1 Å². The maximum Gasteiger partial charge on any atom is 0.163 e. The first-order valence-electron chi connectivity index (χ1n) is 7.37. The number of hydrogen-bond donors (Lipinski definition) is 1. The summed E-state index contributed by atoms with van der Waals surface area (Å²) in [5.74, 6) is 1.21. The minimum absolute atomic E-state index is 0.272. The largest absolute Gasteiger partial charge is 0.490 e. The first-order valence-corrected chi connectivity index (χ1v) is 7.37. The molecule has 0 spiro atoms. The fraction of sp³-hybridized carbons (Fsp3) is 0.562. The standard InChI is InChI=1S/C16H21NO2/c18-15-7-1-6-14-13(15)5-2-8-16(14)19-12-4-3-10-17-11-9-12/h2,5,8,12,17H,1,3-4,6-7,9-11H2. The summed E-state index contributed by atoms with van der Waals surface area (Å²) in [6.45, 7) is 2.11. The summed E-state index contributed by atoms with van der Waals surface area (Å²) in [7, 11) is 0.